The van der Waals surface area contributed by atoms with E-state index in [0.717, 1.165) is 16.8 Å². The van der Waals surface area contributed by atoms with Gasteiger partial charge in [-0.1, -0.05) is 35.1 Å². The molecule has 1 atom stereocenters. The van der Waals surface area contributed by atoms with E-state index in [0.29, 0.717) is 25.6 Å². The third kappa shape index (κ3) is 3.88. The molecule has 7 nitrogen and oxygen atoms in total. The average Bonchev–Trinajstić information content (AvgIpc) is 3.19. The lowest BCUT2D eigenvalue weighted by atomic mass is 9.96. The number of benzene rings is 1. The van der Waals surface area contributed by atoms with E-state index in [-0.39, 0.29) is 12.2 Å². The Balaban J connectivity index is 1.97. The third-order valence-electron chi connectivity index (χ3n) is 5.04. The van der Waals surface area contributed by atoms with E-state index in [1.807, 2.05) is 38.4 Å². The van der Waals surface area contributed by atoms with E-state index in [1.165, 1.54) is 11.3 Å². The first kappa shape index (κ1) is 21.3. The Morgan fingerprint density at radius 3 is 2.61 bits per heavy atom. The van der Waals surface area contributed by atoms with Gasteiger partial charge in [-0.3, -0.25) is 14.0 Å². The molecule has 1 aliphatic heterocycles. The van der Waals surface area contributed by atoms with Crippen molar-refractivity contribution >= 4 is 35.0 Å². The van der Waals surface area contributed by atoms with Gasteiger partial charge in [0.2, 0.25) is 0 Å². The molecule has 1 aromatic carbocycles. The summed E-state index contributed by atoms with van der Waals surface area (Å²) < 4.78 is 9.08. The highest BCUT2D eigenvalue weighted by molar-refractivity contribution is 7.07. The summed E-state index contributed by atoms with van der Waals surface area (Å²) in [5.41, 5.74) is 3.10. The fraction of sp³-hybridized carbons (Fsp3) is 0.273. The molecule has 0 bridgehead atoms. The molecule has 1 unspecified atom stereocenters. The number of ether oxygens (including phenoxy) is 1. The van der Waals surface area contributed by atoms with Crippen LogP contribution in [0.15, 0.2) is 51.5 Å². The van der Waals surface area contributed by atoms with Crippen LogP contribution in [0.4, 0.5) is 0 Å². The minimum atomic E-state index is -0.648. The van der Waals surface area contributed by atoms with Crippen LogP contribution >= 0.6 is 22.9 Å². The maximum atomic E-state index is 13.5. The topological polar surface area (TPSA) is 78.5 Å². The summed E-state index contributed by atoms with van der Waals surface area (Å²) in [6, 6.07) is 6.46. The zero-order valence-electron chi connectivity index (χ0n) is 17.5. The molecule has 2 aromatic heterocycles. The number of hydrogen-bond acceptors (Lipinski definition) is 6. The van der Waals surface area contributed by atoms with Crippen LogP contribution < -0.4 is 14.9 Å². The first-order valence-electron chi connectivity index (χ1n) is 9.75. The lowest BCUT2D eigenvalue weighted by Crippen LogP contribution is -2.39. The molecule has 3 heterocycles. The Morgan fingerprint density at radius 2 is 2.00 bits per heavy atom. The van der Waals surface area contributed by atoms with Crippen molar-refractivity contribution in [1.82, 2.24) is 14.3 Å². The number of carbonyl (C=O) groups is 1. The van der Waals surface area contributed by atoms with Crippen molar-refractivity contribution < 1.29 is 9.53 Å². The molecule has 0 radical (unpaired) electrons. The highest BCUT2D eigenvalue weighted by atomic mass is 35.5. The smallest absolute Gasteiger partial charge is 0.338 e. The van der Waals surface area contributed by atoms with Crippen molar-refractivity contribution in [2.75, 3.05) is 6.61 Å². The first-order chi connectivity index (χ1) is 14.8. The summed E-state index contributed by atoms with van der Waals surface area (Å²) in [5, 5.41) is 4.90. The number of aromatic nitrogens is 3. The van der Waals surface area contributed by atoms with Gasteiger partial charge in [0.15, 0.2) is 4.80 Å². The quantitative estimate of drug-likeness (QED) is 0.565. The third-order valence-corrected chi connectivity index (χ3v) is 6.28. The standard InChI is InChI=1S/C22H21ClN4O3S/c1-5-30-21(29)18-13(3)24-22-27(19(18)14-6-8-16(23)9-7-14)20(28)17(31-22)10-15-11-26(4)25-12(15)2/h6-11,19H,5H2,1-4H3/b17-10-. The minimum absolute atomic E-state index is 0.221. The van der Waals surface area contributed by atoms with Crippen LogP contribution in [0.3, 0.4) is 0 Å². The molecule has 9 heteroatoms. The summed E-state index contributed by atoms with van der Waals surface area (Å²) in [4.78, 5) is 31.4. The van der Waals surface area contributed by atoms with Crippen LogP contribution in [-0.4, -0.2) is 26.9 Å². The van der Waals surface area contributed by atoms with E-state index in [9.17, 15) is 9.59 Å². The van der Waals surface area contributed by atoms with Crippen molar-refractivity contribution in [3.63, 3.8) is 0 Å². The van der Waals surface area contributed by atoms with E-state index >= 15 is 0 Å². The van der Waals surface area contributed by atoms with Gasteiger partial charge in [0.1, 0.15) is 0 Å². The molecule has 31 heavy (non-hydrogen) atoms. The molecule has 4 rings (SSSR count). The highest BCUT2D eigenvalue weighted by Gasteiger charge is 2.33. The van der Waals surface area contributed by atoms with E-state index in [1.54, 1.807) is 35.2 Å². The fourth-order valence-corrected chi connectivity index (χ4v) is 4.82. The number of nitrogens with zero attached hydrogens (tertiary/aromatic N) is 4. The minimum Gasteiger partial charge on any atom is -0.463 e. The molecular weight excluding hydrogens is 436 g/mol. The summed E-state index contributed by atoms with van der Waals surface area (Å²) >= 11 is 7.36. The monoisotopic (exact) mass is 456 g/mol. The molecule has 1 aliphatic rings. The second-order valence-electron chi connectivity index (χ2n) is 7.20. The van der Waals surface area contributed by atoms with Crippen molar-refractivity contribution in [3.05, 3.63) is 83.3 Å². The second kappa shape index (κ2) is 8.28. The van der Waals surface area contributed by atoms with Gasteiger partial charge in [0.05, 0.1) is 34.1 Å². The lowest BCUT2D eigenvalue weighted by molar-refractivity contribution is -0.139. The van der Waals surface area contributed by atoms with Gasteiger partial charge in [-0.25, -0.2) is 9.79 Å². The predicted molar refractivity (Wildman–Crippen MR) is 120 cm³/mol. The Kier molecular flexibility index (Phi) is 5.68. The van der Waals surface area contributed by atoms with Gasteiger partial charge in [0.25, 0.3) is 5.56 Å². The Morgan fingerprint density at radius 1 is 1.29 bits per heavy atom. The van der Waals surface area contributed by atoms with Gasteiger partial charge in [-0.15, -0.1) is 0 Å². The molecular formula is C22H21ClN4O3S. The summed E-state index contributed by atoms with van der Waals surface area (Å²) in [6.45, 7) is 5.63. The van der Waals surface area contributed by atoms with Crippen LogP contribution in [0.25, 0.3) is 6.08 Å². The molecule has 3 aromatic rings. The van der Waals surface area contributed by atoms with Crippen molar-refractivity contribution in [1.29, 1.82) is 0 Å². The van der Waals surface area contributed by atoms with Crippen LogP contribution in [-0.2, 0) is 16.6 Å². The van der Waals surface area contributed by atoms with E-state index < -0.39 is 12.0 Å². The van der Waals surface area contributed by atoms with Crippen molar-refractivity contribution in [2.24, 2.45) is 12.0 Å². The van der Waals surface area contributed by atoms with Gasteiger partial charge in [-0.2, -0.15) is 5.10 Å². The Hall–Kier alpha value is -2.97. The Bertz CT molecular complexity index is 1380. The summed E-state index contributed by atoms with van der Waals surface area (Å²) in [7, 11) is 1.83. The Labute approximate surface area is 187 Å². The number of allylic oxidation sites excluding steroid dienone is 1. The molecule has 0 fully saturated rings. The van der Waals surface area contributed by atoms with Crippen LogP contribution in [0, 0.1) is 6.92 Å². The number of aryl methyl sites for hydroxylation is 2. The number of halogens is 1. The molecule has 0 saturated carbocycles. The molecule has 0 saturated heterocycles. The number of carbonyl (C=O) groups excluding carboxylic acids is 1. The normalized spacial score (nSPS) is 16.3. The van der Waals surface area contributed by atoms with Crippen LogP contribution in [0.1, 0.15) is 36.7 Å². The van der Waals surface area contributed by atoms with Gasteiger partial charge >= 0.3 is 5.97 Å². The average molecular weight is 457 g/mol. The second-order valence-corrected chi connectivity index (χ2v) is 8.64. The van der Waals surface area contributed by atoms with Crippen molar-refractivity contribution in [2.45, 2.75) is 26.8 Å². The van der Waals surface area contributed by atoms with Gasteiger partial charge in [0, 0.05) is 23.8 Å². The lowest BCUT2D eigenvalue weighted by Gasteiger charge is -2.24. The maximum Gasteiger partial charge on any atom is 0.338 e. The molecule has 160 valence electrons. The molecule has 0 spiro atoms. The number of thiazole rings is 1. The number of rotatable bonds is 4. The van der Waals surface area contributed by atoms with Crippen LogP contribution in [0.5, 0.6) is 0 Å². The summed E-state index contributed by atoms with van der Waals surface area (Å²) in [5.74, 6) is -0.485. The number of esters is 1. The van der Waals surface area contributed by atoms with E-state index in [4.69, 9.17) is 16.3 Å². The molecule has 0 amide bonds. The fourth-order valence-electron chi connectivity index (χ4n) is 3.65. The zero-order valence-corrected chi connectivity index (χ0v) is 19.1. The SMILES string of the molecule is CCOC(=O)C1=C(C)N=c2s/c(=C\c3cn(C)nc3C)c(=O)n2C1c1ccc(Cl)cc1. The van der Waals surface area contributed by atoms with Gasteiger partial charge in [-0.05, 0) is 44.5 Å². The highest BCUT2D eigenvalue weighted by Crippen LogP contribution is 2.31. The zero-order chi connectivity index (χ0) is 22.3. The number of fused-ring (bicyclic) bond motifs is 1. The largest absolute Gasteiger partial charge is 0.463 e. The molecule has 0 aliphatic carbocycles. The van der Waals surface area contributed by atoms with Crippen LogP contribution in [0.2, 0.25) is 5.02 Å². The van der Waals surface area contributed by atoms with Crippen molar-refractivity contribution in [3.8, 4) is 0 Å². The first-order valence-corrected chi connectivity index (χ1v) is 10.9. The van der Waals surface area contributed by atoms with Gasteiger partial charge < -0.3 is 4.74 Å². The predicted octanol–water partition coefficient (Wildman–Crippen LogP) is 2.49. The molecule has 0 N–H and O–H groups in total. The maximum absolute atomic E-state index is 13.5. The number of hydrogen-bond donors (Lipinski definition) is 0. The summed E-state index contributed by atoms with van der Waals surface area (Å²) in [6.07, 6.45) is 3.67. The van der Waals surface area contributed by atoms with E-state index in [2.05, 4.69) is 10.1 Å².